The van der Waals surface area contributed by atoms with E-state index >= 15 is 0 Å². The number of benzene rings is 1. The fourth-order valence-corrected chi connectivity index (χ4v) is 1.81. The van der Waals surface area contributed by atoms with Gasteiger partial charge < -0.3 is 10.4 Å². The monoisotopic (exact) mass is 305 g/mol. The van der Waals surface area contributed by atoms with Crippen molar-refractivity contribution in [2.75, 3.05) is 0 Å². The molecule has 8 nitrogen and oxygen atoms in total. The second-order valence-corrected chi connectivity index (χ2v) is 4.58. The number of carbonyl (C=O) groups is 2. The van der Waals surface area contributed by atoms with Crippen LogP contribution < -0.4 is 5.32 Å². The molecule has 0 saturated carbocycles. The number of nitro groups is 1. The number of non-ortho nitro benzene ring substituents is 1. The summed E-state index contributed by atoms with van der Waals surface area (Å²) >= 11 is 0. The SMILES string of the molecule is N#CCCCC[C@@H](NC(=O)c1cccc([N+](=O)[O-])c1)C(=O)O. The zero-order chi connectivity index (χ0) is 16.5. The number of aliphatic carboxylic acids is 1. The molecule has 0 aliphatic carbocycles. The molecule has 0 heterocycles. The number of carboxylic acids is 1. The number of nitriles is 1. The lowest BCUT2D eigenvalue weighted by atomic mass is 10.1. The Morgan fingerprint density at radius 3 is 2.73 bits per heavy atom. The molecular weight excluding hydrogens is 290 g/mol. The third-order valence-electron chi connectivity index (χ3n) is 2.95. The Bertz CT molecular complexity index is 609. The zero-order valence-corrected chi connectivity index (χ0v) is 11.7. The standard InChI is InChI=1S/C14H15N3O5/c15-8-3-1-2-7-12(14(19)20)16-13(18)10-5-4-6-11(9-10)17(21)22/h4-6,9,12H,1-3,7H2,(H,16,18)(H,19,20)/t12-/m1/s1. The predicted molar refractivity (Wildman–Crippen MR) is 76.1 cm³/mol. The molecule has 1 rings (SSSR count). The van der Waals surface area contributed by atoms with Gasteiger partial charge in [0.1, 0.15) is 6.04 Å². The van der Waals surface area contributed by atoms with E-state index in [1.165, 1.54) is 18.2 Å². The highest BCUT2D eigenvalue weighted by Gasteiger charge is 2.21. The van der Waals surface area contributed by atoms with E-state index < -0.39 is 22.8 Å². The number of carboxylic acid groups (broad SMARTS) is 1. The van der Waals surface area contributed by atoms with Gasteiger partial charge >= 0.3 is 5.97 Å². The van der Waals surface area contributed by atoms with Crippen molar-refractivity contribution in [1.82, 2.24) is 5.32 Å². The summed E-state index contributed by atoms with van der Waals surface area (Å²) in [5.41, 5.74) is -0.217. The molecular formula is C14H15N3O5. The molecule has 116 valence electrons. The Hall–Kier alpha value is -2.95. The first kappa shape index (κ1) is 17.1. The van der Waals surface area contributed by atoms with E-state index in [2.05, 4.69) is 5.32 Å². The fraction of sp³-hybridized carbons (Fsp3) is 0.357. The normalized spacial score (nSPS) is 11.2. The molecule has 0 aromatic heterocycles. The van der Waals surface area contributed by atoms with E-state index in [1.807, 2.05) is 6.07 Å². The summed E-state index contributed by atoms with van der Waals surface area (Å²) in [7, 11) is 0. The highest BCUT2D eigenvalue weighted by atomic mass is 16.6. The number of nitrogens with one attached hydrogen (secondary N) is 1. The molecule has 0 fully saturated rings. The van der Waals surface area contributed by atoms with Crippen molar-refractivity contribution in [2.45, 2.75) is 31.7 Å². The summed E-state index contributed by atoms with van der Waals surface area (Å²) in [5, 5.41) is 30.5. The number of unbranched alkanes of at least 4 members (excludes halogenated alkanes) is 2. The number of nitro benzene ring substituents is 1. The zero-order valence-electron chi connectivity index (χ0n) is 11.7. The van der Waals surface area contributed by atoms with Crippen LogP contribution in [-0.4, -0.2) is 27.9 Å². The molecule has 0 unspecified atom stereocenters. The molecule has 8 heteroatoms. The molecule has 1 aromatic carbocycles. The van der Waals surface area contributed by atoms with Crippen molar-refractivity contribution < 1.29 is 19.6 Å². The average Bonchev–Trinajstić information content (AvgIpc) is 2.50. The maximum Gasteiger partial charge on any atom is 0.326 e. The number of amides is 1. The number of hydrogen-bond donors (Lipinski definition) is 2. The summed E-state index contributed by atoms with van der Waals surface area (Å²) in [5.74, 6) is -1.87. The van der Waals surface area contributed by atoms with Gasteiger partial charge in [-0.05, 0) is 25.3 Å². The topological polar surface area (TPSA) is 133 Å². The van der Waals surface area contributed by atoms with Gasteiger partial charge in [0.25, 0.3) is 11.6 Å². The maximum atomic E-state index is 12.0. The number of hydrogen-bond acceptors (Lipinski definition) is 5. The minimum absolute atomic E-state index is 0.0254. The summed E-state index contributed by atoms with van der Waals surface area (Å²) < 4.78 is 0. The first-order valence-corrected chi connectivity index (χ1v) is 6.60. The van der Waals surface area contributed by atoms with Crippen molar-refractivity contribution >= 4 is 17.6 Å². The largest absolute Gasteiger partial charge is 0.480 e. The highest BCUT2D eigenvalue weighted by molar-refractivity contribution is 5.97. The number of nitrogens with zero attached hydrogens (tertiary/aromatic N) is 2. The second kappa shape index (κ2) is 8.36. The second-order valence-electron chi connectivity index (χ2n) is 4.58. The predicted octanol–water partition coefficient (Wildman–Crippen LogP) is 1.86. The third kappa shape index (κ3) is 5.20. The van der Waals surface area contributed by atoms with E-state index in [0.717, 1.165) is 6.07 Å². The van der Waals surface area contributed by atoms with Gasteiger partial charge in [0.05, 0.1) is 11.0 Å². The lowest BCUT2D eigenvalue weighted by Crippen LogP contribution is -2.40. The van der Waals surface area contributed by atoms with Gasteiger partial charge in [-0.1, -0.05) is 6.07 Å². The summed E-state index contributed by atoms with van der Waals surface area (Å²) in [6.45, 7) is 0. The van der Waals surface area contributed by atoms with Crippen molar-refractivity contribution in [3.8, 4) is 6.07 Å². The van der Waals surface area contributed by atoms with Crippen LogP contribution in [0.5, 0.6) is 0 Å². The number of carbonyl (C=O) groups excluding carboxylic acids is 1. The van der Waals surface area contributed by atoms with Crippen LogP contribution in [-0.2, 0) is 4.79 Å². The Kier molecular flexibility index (Phi) is 6.50. The smallest absolute Gasteiger partial charge is 0.326 e. The first-order chi connectivity index (χ1) is 10.5. The van der Waals surface area contributed by atoms with E-state index in [4.69, 9.17) is 10.4 Å². The molecule has 1 amide bonds. The Labute approximate surface area is 126 Å². The average molecular weight is 305 g/mol. The third-order valence-corrected chi connectivity index (χ3v) is 2.95. The first-order valence-electron chi connectivity index (χ1n) is 6.60. The lowest BCUT2D eigenvalue weighted by Gasteiger charge is -2.14. The summed E-state index contributed by atoms with van der Waals surface area (Å²) in [4.78, 5) is 33.1. The van der Waals surface area contributed by atoms with Crippen LogP contribution in [0.1, 0.15) is 36.0 Å². The molecule has 1 atom stereocenters. The van der Waals surface area contributed by atoms with Gasteiger partial charge in [0.2, 0.25) is 0 Å². The van der Waals surface area contributed by atoms with Gasteiger partial charge in [0.15, 0.2) is 0 Å². The molecule has 0 aliphatic rings. The van der Waals surface area contributed by atoms with Crippen molar-refractivity contribution in [2.24, 2.45) is 0 Å². The van der Waals surface area contributed by atoms with Crippen LogP contribution in [0, 0.1) is 21.4 Å². The van der Waals surface area contributed by atoms with Crippen LogP contribution in [0.25, 0.3) is 0 Å². The van der Waals surface area contributed by atoms with Crippen LogP contribution >= 0.6 is 0 Å². The molecule has 0 radical (unpaired) electrons. The van der Waals surface area contributed by atoms with E-state index in [0.29, 0.717) is 19.3 Å². The molecule has 0 bridgehead atoms. The molecule has 1 aromatic rings. The van der Waals surface area contributed by atoms with Crippen LogP contribution in [0.4, 0.5) is 5.69 Å². The minimum Gasteiger partial charge on any atom is -0.480 e. The van der Waals surface area contributed by atoms with Crippen LogP contribution in [0.3, 0.4) is 0 Å². The maximum absolute atomic E-state index is 12.0. The van der Waals surface area contributed by atoms with Crippen molar-refractivity contribution in [3.05, 3.63) is 39.9 Å². The Morgan fingerprint density at radius 2 is 2.14 bits per heavy atom. The fourth-order valence-electron chi connectivity index (χ4n) is 1.81. The summed E-state index contributed by atoms with van der Waals surface area (Å²) in [6, 6.07) is 5.92. The van der Waals surface area contributed by atoms with E-state index in [1.54, 1.807) is 0 Å². The molecule has 0 aliphatic heterocycles. The van der Waals surface area contributed by atoms with Crippen molar-refractivity contribution in [3.63, 3.8) is 0 Å². The van der Waals surface area contributed by atoms with Gasteiger partial charge in [0, 0.05) is 24.1 Å². The van der Waals surface area contributed by atoms with E-state index in [9.17, 15) is 19.7 Å². The summed E-state index contributed by atoms with van der Waals surface area (Å²) in [6.07, 6.45) is 1.55. The highest BCUT2D eigenvalue weighted by Crippen LogP contribution is 2.13. The van der Waals surface area contributed by atoms with Gasteiger partial charge in [-0.3, -0.25) is 14.9 Å². The molecule has 22 heavy (non-hydrogen) atoms. The molecule has 0 spiro atoms. The minimum atomic E-state index is -1.18. The number of rotatable bonds is 8. The Balaban J connectivity index is 2.71. The Morgan fingerprint density at radius 1 is 1.41 bits per heavy atom. The van der Waals surface area contributed by atoms with Gasteiger partial charge in [-0.25, -0.2) is 4.79 Å². The quantitative estimate of drug-likeness (QED) is 0.428. The van der Waals surface area contributed by atoms with Crippen LogP contribution in [0.2, 0.25) is 0 Å². The van der Waals surface area contributed by atoms with E-state index in [-0.39, 0.29) is 17.7 Å². The molecule has 0 saturated heterocycles. The van der Waals surface area contributed by atoms with Gasteiger partial charge in [-0.15, -0.1) is 0 Å². The van der Waals surface area contributed by atoms with Crippen LogP contribution in [0.15, 0.2) is 24.3 Å². The van der Waals surface area contributed by atoms with Crippen molar-refractivity contribution in [1.29, 1.82) is 5.26 Å². The van der Waals surface area contributed by atoms with Gasteiger partial charge in [-0.2, -0.15) is 5.26 Å². The molecule has 2 N–H and O–H groups in total. The lowest BCUT2D eigenvalue weighted by molar-refractivity contribution is -0.384.